The van der Waals surface area contributed by atoms with Crippen LogP contribution in [0.5, 0.6) is 0 Å². The van der Waals surface area contributed by atoms with Gasteiger partial charge >= 0.3 is 6.18 Å². The lowest BCUT2D eigenvalue weighted by molar-refractivity contribution is -0.189. The van der Waals surface area contributed by atoms with Gasteiger partial charge in [-0.1, -0.05) is 30.3 Å². The number of nitrogens with zero attached hydrogens (tertiary/aromatic N) is 1. The number of rotatable bonds is 1. The summed E-state index contributed by atoms with van der Waals surface area (Å²) in [6.07, 6.45) is -3.68. The molecule has 0 unspecified atom stereocenters. The molecule has 1 aliphatic rings. The van der Waals surface area contributed by atoms with Crippen molar-refractivity contribution in [1.82, 2.24) is 4.90 Å². The predicted octanol–water partition coefficient (Wildman–Crippen LogP) is 3.63. The van der Waals surface area contributed by atoms with Crippen molar-refractivity contribution in [2.24, 2.45) is 5.92 Å². The molecule has 0 aromatic heterocycles. The van der Waals surface area contributed by atoms with Gasteiger partial charge in [0.1, 0.15) is 0 Å². The molecule has 94 valence electrons. The van der Waals surface area contributed by atoms with Crippen molar-refractivity contribution in [2.75, 3.05) is 13.6 Å². The molecule has 0 N–H and O–H groups in total. The van der Waals surface area contributed by atoms with Crippen LogP contribution in [0.1, 0.15) is 24.4 Å². The molecule has 1 saturated heterocycles. The number of hydrogen-bond acceptors (Lipinski definition) is 1. The van der Waals surface area contributed by atoms with Crippen LogP contribution >= 0.6 is 0 Å². The Bertz CT molecular complexity index is 361. The Morgan fingerprint density at radius 3 is 2.41 bits per heavy atom. The molecule has 0 amide bonds. The van der Waals surface area contributed by atoms with Crippen molar-refractivity contribution in [3.8, 4) is 0 Å². The summed E-state index contributed by atoms with van der Waals surface area (Å²) in [5.41, 5.74) is 0.976. The van der Waals surface area contributed by atoms with Crippen molar-refractivity contribution in [2.45, 2.75) is 25.1 Å². The summed E-state index contributed by atoms with van der Waals surface area (Å²) >= 11 is 0. The maximum Gasteiger partial charge on any atom is 0.391 e. The Hall–Kier alpha value is -1.03. The first kappa shape index (κ1) is 12.4. The van der Waals surface area contributed by atoms with E-state index >= 15 is 0 Å². The first-order chi connectivity index (χ1) is 7.98. The zero-order chi connectivity index (χ0) is 12.5. The number of hydrogen-bond donors (Lipinski definition) is 0. The van der Waals surface area contributed by atoms with Crippen LogP contribution in [0.3, 0.4) is 0 Å². The number of halogens is 3. The highest BCUT2D eigenvalue weighted by Gasteiger charge is 2.43. The Kier molecular flexibility index (Phi) is 3.43. The second kappa shape index (κ2) is 4.69. The second-order valence-corrected chi connectivity index (χ2v) is 4.67. The van der Waals surface area contributed by atoms with E-state index in [9.17, 15) is 13.2 Å². The molecule has 17 heavy (non-hydrogen) atoms. The normalized spacial score (nSPS) is 27.1. The monoisotopic (exact) mass is 243 g/mol. The van der Waals surface area contributed by atoms with Gasteiger partial charge in [-0.15, -0.1) is 0 Å². The first-order valence-electron chi connectivity index (χ1n) is 5.80. The average molecular weight is 243 g/mol. The van der Waals surface area contributed by atoms with Crippen molar-refractivity contribution in [1.29, 1.82) is 0 Å². The fourth-order valence-electron chi connectivity index (χ4n) is 2.45. The molecular weight excluding hydrogens is 227 g/mol. The van der Waals surface area contributed by atoms with Gasteiger partial charge in [-0.2, -0.15) is 13.2 Å². The summed E-state index contributed by atoms with van der Waals surface area (Å²) in [5, 5.41) is 0. The highest BCUT2D eigenvalue weighted by atomic mass is 19.4. The smallest absolute Gasteiger partial charge is 0.299 e. The van der Waals surface area contributed by atoms with Crippen molar-refractivity contribution < 1.29 is 13.2 Å². The van der Waals surface area contributed by atoms with E-state index in [4.69, 9.17) is 0 Å². The molecule has 4 heteroatoms. The quantitative estimate of drug-likeness (QED) is 0.728. The van der Waals surface area contributed by atoms with Gasteiger partial charge in [0, 0.05) is 6.04 Å². The Balaban J connectivity index is 2.16. The third-order valence-corrected chi connectivity index (χ3v) is 3.52. The van der Waals surface area contributed by atoms with E-state index in [1.165, 1.54) is 0 Å². The summed E-state index contributed by atoms with van der Waals surface area (Å²) < 4.78 is 38.2. The van der Waals surface area contributed by atoms with Crippen LogP contribution in [-0.4, -0.2) is 24.7 Å². The molecule has 2 rings (SSSR count). The van der Waals surface area contributed by atoms with Gasteiger partial charge in [0.2, 0.25) is 0 Å². The van der Waals surface area contributed by atoms with Crippen LogP contribution in [0.25, 0.3) is 0 Å². The number of alkyl halides is 3. The summed E-state index contributed by atoms with van der Waals surface area (Å²) in [5.74, 6) is -1.16. The van der Waals surface area contributed by atoms with Crippen molar-refractivity contribution in [3.05, 3.63) is 35.9 Å². The van der Waals surface area contributed by atoms with E-state index in [0.29, 0.717) is 6.54 Å². The maximum absolute atomic E-state index is 12.7. The second-order valence-electron chi connectivity index (χ2n) is 4.67. The molecule has 1 aromatic carbocycles. The fourth-order valence-corrected chi connectivity index (χ4v) is 2.45. The third kappa shape index (κ3) is 2.80. The van der Waals surface area contributed by atoms with E-state index in [1.807, 2.05) is 42.3 Å². The molecule has 1 aliphatic heterocycles. The molecule has 1 aromatic rings. The predicted molar refractivity (Wildman–Crippen MR) is 60.6 cm³/mol. The van der Waals surface area contributed by atoms with Crippen LogP contribution in [0.4, 0.5) is 13.2 Å². The molecule has 0 saturated carbocycles. The van der Waals surface area contributed by atoms with E-state index < -0.39 is 12.1 Å². The molecule has 2 atom stereocenters. The van der Waals surface area contributed by atoms with Crippen molar-refractivity contribution >= 4 is 0 Å². The zero-order valence-electron chi connectivity index (χ0n) is 9.74. The summed E-state index contributed by atoms with van der Waals surface area (Å²) in [6, 6.07) is 9.32. The van der Waals surface area contributed by atoms with Gasteiger partial charge in [0.05, 0.1) is 5.92 Å². The van der Waals surface area contributed by atoms with Gasteiger partial charge in [-0.25, -0.2) is 0 Å². The van der Waals surface area contributed by atoms with E-state index in [0.717, 1.165) is 5.56 Å². The van der Waals surface area contributed by atoms with Crippen LogP contribution in [-0.2, 0) is 0 Å². The maximum atomic E-state index is 12.7. The van der Waals surface area contributed by atoms with E-state index in [-0.39, 0.29) is 18.9 Å². The number of likely N-dealkylation sites (tertiary alicyclic amines) is 1. The zero-order valence-corrected chi connectivity index (χ0v) is 9.74. The van der Waals surface area contributed by atoms with Gasteiger partial charge in [0.25, 0.3) is 0 Å². The molecular formula is C13H16F3N. The SMILES string of the molecule is CN1CC[C@H](C(F)(F)F)C[C@@H]1c1ccccc1. The topological polar surface area (TPSA) is 3.24 Å². The van der Waals surface area contributed by atoms with Gasteiger partial charge in [-0.3, -0.25) is 4.90 Å². The fraction of sp³-hybridized carbons (Fsp3) is 0.538. The third-order valence-electron chi connectivity index (χ3n) is 3.52. The molecule has 0 aliphatic carbocycles. The Labute approximate surface area is 99.2 Å². The lowest BCUT2D eigenvalue weighted by Gasteiger charge is -2.38. The van der Waals surface area contributed by atoms with Gasteiger partial charge in [-0.05, 0) is 32.0 Å². The highest BCUT2D eigenvalue weighted by Crippen LogP contribution is 2.41. The number of benzene rings is 1. The van der Waals surface area contributed by atoms with Gasteiger partial charge in [0.15, 0.2) is 0 Å². The average Bonchev–Trinajstić information content (AvgIpc) is 2.29. The molecule has 1 heterocycles. The summed E-state index contributed by atoms with van der Waals surface area (Å²) in [4.78, 5) is 2.01. The van der Waals surface area contributed by atoms with Crippen LogP contribution in [0.15, 0.2) is 30.3 Å². The minimum Gasteiger partial charge on any atom is -0.299 e. The van der Waals surface area contributed by atoms with Gasteiger partial charge < -0.3 is 0 Å². The van der Waals surface area contributed by atoms with Crippen LogP contribution < -0.4 is 0 Å². The lowest BCUT2D eigenvalue weighted by atomic mass is 9.87. The first-order valence-corrected chi connectivity index (χ1v) is 5.80. The highest BCUT2D eigenvalue weighted by molar-refractivity contribution is 5.19. The molecule has 1 fully saturated rings. The number of piperidine rings is 1. The Morgan fingerprint density at radius 2 is 1.82 bits per heavy atom. The van der Waals surface area contributed by atoms with Crippen LogP contribution in [0, 0.1) is 5.92 Å². The minimum atomic E-state index is -4.06. The summed E-state index contributed by atoms with van der Waals surface area (Å²) in [7, 11) is 1.89. The van der Waals surface area contributed by atoms with E-state index in [1.54, 1.807) is 0 Å². The van der Waals surface area contributed by atoms with Crippen molar-refractivity contribution in [3.63, 3.8) is 0 Å². The molecule has 0 radical (unpaired) electrons. The Morgan fingerprint density at radius 1 is 1.18 bits per heavy atom. The molecule has 1 nitrogen and oxygen atoms in total. The lowest BCUT2D eigenvalue weighted by Crippen LogP contribution is -2.39. The largest absolute Gasteiger partial charge is 0.391 e. The summed E-state index contributed by atoms with van der Waals surface area (Å²) in [6.45, 7) is 0.504. The molecule has 0 bridgehead atoms. The standard InChI is InChI=1S/C13H16F3N/c1-17-8-7-11(13(14,15)16)9-12(17)10-5-3-2-4-6-10/h2-6,11-12H,7-9H2,1H3/t11-,12+/m0/s1. The molecule has 0 spiro atoms. The van der Waals surface area contributed by atoms with E-state index in [2.05, 4.69) is 0 Å². The minimum absolute atomic E-state index is 0.114. The van der Waals surface area contributed by atoms with Crippen LogP contribution in [0.2, 0.25) is 0 Å².